The molecule has 28 heavy (non-hydrogen) atoms. The molecule has 2 aromatic heterocycles. The van der Waals surface area contributed by atoms with Gasteiger partial charge in [-0.1, -0.05) is 74.1 Å². The van der Waals surface area contributed by atoms with Crippen LogP contribution < -0.4 is 5.19 Å². The first-order valence-corrected chi connectivity index (χ1v) is 14.7. The lowest BCUT2D eigenvalue weighted by Crippen LogP contribution is -2.37. The molecule has 0 bridgehead atoms. The zero-order valence-electron chi connectivity index (χ0n) is 17.0. The molecule has 1 saturated carbocycles. The molecule has 1 fully saturated rings. The molecule has 0 aliphatic heterocycles. The Morgan fingerprint density at radius 3 is 2.46 bits per heavy atom. The number of hydrogen-bond donors (Lipinski definition) is 0. The Balaban J connectivity index is 1.62. The second kappa shape index (κ2) is 6.82. The molecule has 0 radical (unpaired) electrons. The third-order valence-corrected chi connectivity index (χ3v) is 9.51. The molecule has 4 aromatic rings. The van der Waals surface area contributed by atoms with Crippen molar-refractivity contribution in [3.8, 4) is 11.3 Å². The van der Waals surface area contributed by atoms with E-state index in [4.69, 9.17) is 4.98 Å². The predicted molar refractivity (Wildman–Crippen MR) is 127 cm³/mol. The van der Waals surface area contributed by atoms with Crippen molar-refractivity contribution in [2.24, 2.45) is 0 Å². The van der Waals surface area contributed by atoms with Crippen LogP contribution in [0.5, 0.6) is 0 Å². The number of rotatable bonds is 3. The fourth-order valence-corrected chi connectivity index (χ4v) is 6.90. The number of pyridine rings is 1. The Hall–Kier alpha value is -1.97. The highest BCUT2D eigenvalue weighted by Crippen LogP contribution is 2.40. The van der Waals surface area contributed by atoms with Crippen LogP contribution in [-0.4, -0.2) is 13.1 Å². The van der Waals surface area contributed by atoms with Gasteiger partial charge in [-0.15, -0.1) is 11.3 Å². The Kier molecular flexibility index (Phi) is 4.40. The van der Waals surface area contributed by atoms with E-state index in [1.165, 1.54) is 62.2 Å². The highest BCUT2D eigenvalue weighted by Gasteiger charge is 2.19. The normalized spacial score (nSPS) is 15.7. The zero-order valence-corrected chi connectivity index (χ0v) is 18.8. The standard InChI is InChI=1S/C25H27NSSi/c1-28(2,3)19-12-14-24-22(15-19)20-9-6-10-21(25(20)27-24)23-13-11-18(16-26-23)17-7-4-5-8-17/h6,9-17H,4-5,7-8H2,1-3H3. The molecule has 1 aliphatic rings. The van der Waals surface area contributed by atoms with Crippen molar-refractivity contribution in [2.75, 3.05) is 0 Å². The second-order valence-corrected chi connectivity index (χ2v) is 15.3. The molecule has 5 rings (SSSR count). The van der Waals surface area contributed by atoms with Gasteiger partial charge in [0.2, 0.25) is 0 Å². The van der Waals surface area contributed by atoms with Crippen molar-refractivity contribution >= 4 is 44.8 Å². The van der Waals surface area contributed by atoms with E-state index < -0.39 is 8.07 Å². The van der Waals surface area contributed by atoms with Crippen LogP contribution in [0.3, 0.4) is 0 Å². The molecule has 1 nitrogen and oxygen atoms in total. The maximum atomic E-state index is 4.88. The van der Waals surface area contributed by atoms with E-state index in [2.05, 4.69) is 74.4 Å². The van der Waals surface area contributed by atoms with Crippen molar-refractivity contribution in [3.63, 3.8) is 0 Å². The molecule has 0 N–H and O–H groups in total. The van der Waals surface area contributed by atoms with Crippen LogP contribution in [0.25, 0.3) is 31.4 Å². The number of aromatic nitrogens is 1. The predicted octanol–water partition coefficient (Wildman–Crippen LogP) is 7.32. The van der Waals surface area contributed by atoms with Gasteiger partial charge in [0.25, 0.3) is 0 Å². The number of nitrogens with zero attached hydrogens (tertiary/aromatic N) is 1. The maximum absolute atomic E-state index is 4.88. The monoisotopic (exact) mass is 401 g/mol. The molecule has 0 saturated heterocycles. The van der Waals surface area contributed by atoms with Crippen LogP contribution in [-0.2, 0) is 0 Å². The summed E-state index contributed by atoms with van der Waals surface area (Å²) in [5.74, 6) is 0.724. The van der Waals surface area contributed by atoms with E-state index in [1.54, 1.807) is 0 Å². The summed E-state index contributed by atoms with van der Waals surface area (Å²) in [6, 6.07) is 18.4. The van der Waals surface area contributed by atoms with Crippen molar-refractivity contribution in [2.45, 2.75) is 51.2 Å². The summed E-state index contributed by atoms with van der Waals surface area (Å²) < 4.78 is 2.75. The van der Waals surface area contributed by atoms with Crippen molar-refractivity contribution in [3.05, 3.63) is 60.3 Å². The maximum Gasteiger partial charge on any atom is 0.0776 e. The van der Waals surface area contributed by atoms with Gasteiger partial charge >= 0.3 is 0 Å². The first kappa shape index (κ1) is 18.1. The molecular formula is C25H27NSSi. The minimum absolute atomic E-state index is 0.724. The first-order chi connectivity index (χ1) is 13.5. The molecule has 0 unspecified atom stereocenters. The Bertz CT molecular complexity index is 1150. The Morgan fingerprint density at radius 1 is 0.929 bits per heavy atom. The summed E-state index contributed by atoms with van der Waals surface area (Å²) in [7, 11) is -1.32. The SMILES string of the molecule is C[Si](C)(C)c1ccc2sc3c(-c4ccc(C5CCCC5)cn4)cccc3c2c1. The smallest absolute Gasteiger partial charge is 0.0776 e. The first-order valence-electron chi connectivity index (χ1n) is 10.4. The van der Waals surface area contributed by atoms with Crippen LogP contribution in [0.4, 0.5) is 0 Å². The lowest BCUT2D eigenvalue weighted by Gasteiger charge is -2.16. The molecule has 0 spiro atoms. The van der Waals surface area contributed by atoms with Crippen LogP contribution in [0.1, 0.15) is 37.2 Å². The average Bonchev–Trinajstić information content (AvgIpc) is 3.35. The van der Waals surface area contributed by atoms with Crippen LogP contribution in [0, 0.1) is 0 Å². The molecular weight excluding hydrogens is 374 g/mol. The number of benzene rings is 2. The fourth-order valence-electron chi connectivity index (χ4n) is 4.53. The molecule has 0 amide bonds. The van der Waals surface area contributed by atoms with Gasteiger partial charge in [-0.3, -0.25) is 4.98 Å². The van der Waals surface area contributed by atoms with E-state index in [0.29, 0.717) is 0 Å². The summed E-state index contributed by atoms with van der Waals surface area (Å²) in [5.41, 5.74) is 3.79. The van der Waals surface area contributed by atoms with Crippen LogP contribution in [0.2, 0.25) is 19.6 Å². The lowest BCUT2D eigenvalue weighted by atomic mass is 9.98. The quantitative estimate of drug-likeness (QED) is 0.328. The van der Waals surface area contributed by atoms with E-state index in [0.717, 1.165) is 11.6 Å². The number of fused-ring (bicyclic) bond motifs is 3. The zero-order chi connectivity index (χ0) is 19.3. The van der Waals surface area contributed by atoms with Gasteiger partial charge in [0.15, 0.2) is 0 Å². The van der Waals surface area contributed by atoms with Gasteiger partial charge in [-0.2, -0.15) is 0 Å². The van der Waals surface area contributed by atoms with Gasteiger partial charge in [-0.25, -0.2) is 0 Å². The molecule has 3 heteroatoms. The van der Waals surface area contributed by atoms with Crippen molar-refractivity contribution in [1.82, 2.24) is 4.98 Å². The van der Waals surface area contributed by atoms with Crippen molar-refractivity contribution < 1.29 is 0 Å². The molecule has 1 aliphatic carbocycles. The van der Waals surface area contributed by atoms with Gasteiger partial charge in [0.1, 0.15) is 0 Å². The minimum Gasteiger partial charge on any atom is -0.256 e. The largest absolute Gasteiger partial charge is 0.256 e. The van der Waals surface area contributed by atoms with E-state index in [9.17, 15) is 0 Å². The summed E-state index contributed by atoms with van der Waals surface area (Å²) >= 11 is 1.91. The van der Waals surface area contributed by atoms with Crippen LogP contribution >= 0.6 is 11.3 Å². The van der Waals surface area contributed by atoms with Gasteiger partial charge in [0.05, 0.1) is 13.8 Å². The summed E-state index contributed by atoms with van der Waals surface area (Å²) in [6.45, 7) is 7.26. The molecule has 0 atom stereocenters. The summed E-state index contributed by atoms with van der Waals surface area (Å²) in [4.78, 5) is 4.88. The van der Waals surface area contributed by atoms with Crippen molar-refractivity contribution in [1.29, 1.82) is 0 Å². The Morgan fingerprint density at radius 2 is 1.75 bits per heavy atom. The molecule has 142 valence electrons. The van der Waals surface area contributed by atoms with Crippen LogP contribution in [0.15, 0.2) is 54.7 Å². The minimum atomic E-state index is -1.32. The summed E-state index contributed by atoms with van der Waals surface area (Å²) in [5, 5.41) is 4.31. The topological polar surface area (TPSA) is 12.9 Å². The number of hydrogen-bond acceptors (Lipinski definition) is 2. The number of thiophene rings is 1. The second-order valence-electron chi connectivity index (χ2n) is 9.20. The average molecular weight is 402 g/mol. The molecule has 2 heterocycles. The van der Waals surface area contributed by atoms with Gasteiger partial charge in [0, 0.05) is 31.9 Å². The third-order valence-electron chi connectivity index (χ3n) is 6.25. The van der Waals surface area contributed by atoms with E-state index in [1.807, 2.05) is 11.3 Å². The van der Waals surface area contributed by atoms with Gasteiger partial charge in [-0.05, 0) is 36.5 Å². The van der Waals surface area contributed by atoms with E-state index >= 15 is 0 Å². The third kappa shape index (κ3) is 3.11. The highest BCUT2D eigenvalue weighted by molar-refractivity contribution is 7.26. The van der Waals surface area contributed by atoms with E-state index in [-0.39, 0.29) is 0 Å². The summed E-state index contributed by atoms with van der Waals surface area (Å²) in [6.07, 6.45) is 7.51. The fraction of sp³-hybridized carbons (Fsp3) is 0.320. The Labute approximate surface area is 172 Å². The van der Waals surface area contributed by atoms with Gasteiger partial charge < -0.3 is 0 Å². The molecule has 2 aromatic carbocycles. The highest BCUT2D eigenvalue weighted by atomic mass is 32.1. The lowest BCUT2D eigenvalue weighted by molar-refractivity contribution is 0.719.